The normalized spacial score (nSPS) is 18.0. The first kappa shape index (κ1) is 25.8. The summed E-state index contributed by atoms with van der Waals surface area (Å²) < 4.78 is 27.3. The summed E-state index contributed by atoms with van der Waals surface area (Å²) in [5, 5.41) is 5.80. The molecule has 10 heteroatoms. The highest BCUT2D eigenvalue weighted by Crippen LogP contribution is 2.42. The van der Waals surface area contributed by atoms with Crippen molar-refractivity contribution in [3.8, 4) is 0 Å². The minimum absolute atomic E-state index is 0.00904. The first-order valence-electron chi connectivity index (χ1n) is 12.4. The fraction of sp³-hybridized carbons (Fsp3) is 0.286. The molecule has 38 heavy (non-hydrogen) atoms. The predicted octanol–water partition coefficient (Wildman–Crippen LogP) is 5.07. The van der Waals surface area contributed by atoms with Crippen LogP contribution in [0, 0.1) is 11.6 Å². The van der Waals surface area contributed by atoms with E-state index >= 15 is 0 Å². The van der Waals surface area contributed by atoms with E-state index in [0.717, 1.165) is 30.9 Å². The number of hydrogen-bond acceptors (Lipinski definition) is 4. The molecule has 2 aromatic carbocycles. The molecule has 2 heterocycles. The van der Waals surface area contributed by atoms with Crippen molar-refractivity contribution in [2.24, 2.45) is 0 Å². The Labute approximate surface area is 223 Å². The van der Waals surface area contributed by atoms with Crippen LogP contribution in [0.25, 0.3) is 0 Å². The Morgan fingerprint density at radius 3 is 2.32 bits per heavy atom. The molecule has 0 unspecified atom stereocenters. The molecular weight excluding hydrogens is 514 g/mol. The number of halogens is 3. The Morgan fingerprint density at radius 2 is 1.66 bits per heavy atom. The van der Waals surface area contributed by atoms with E-state index in [9.17, 15) is 23.2 Å². The minimum atomic E-state index is -0.779. The van der Waals surface area contributed by atoms with Gasteiger partial charge in [0.05, 0.1) is 5.54 Å². The molecule has 7 nitrogen and oxygen atoms in total. The van der Waals surface area contributed by atoms with E-state index in [1.807, 2.05) is 12.1 Å². The van der Waals surface area contributed by atoms with Crippen molar-refractivity contribution >= 4 is 35.0 Å². The van der Waals surface area contributed by atoms with Crippen molar-refractivity contribution < 1.29 is 23.2 Å². The first-order valence-corrected chi connectivity index (χ1v) is 12.8. The molecule has 196 valence electrons. The number of pyridine rings is 1. The van der Waals surface area contributed by atoms with E-state index in [0.29, 0.717) is 30.6 Å². The molecule has 0 radical (unpaired) electrons. The Morgan fingerprint density at radius 1 is 0.947 bits per heavy atom. The van der Waals surface area contributed by atoms with Crippen LogP contribution in [-0.2, 0) is 10.3 Å². The fourth-order valence-electron chi connectivity index (χ4n) is 5.02. The van der Waals surface area contributed by atoms with Gasteiger partial charge in [-0.15, -0.1) is 0 Å². The Hall–Kier alpha value is -3.85. The second kappa shape index (κ2) is 10.5. The Bertz CT molecular complexity index is 1380. The van der Waals surface area contributed by atoms with E-state index in [-0.39, 0.29) is 17.0 Å². The van der Waals surface area contributed by atoms with Crippen LogP contribution in [-0.4, -0.2) is 40.2 Å². The van der Waals surface area contributed by atoms with E-state index in [1.54, 1.807) is 17.0 Å². The van der Waals surface area contributed by atoms with Gasteiger partial charge in [-0.25, -0.2) is 13.8 Å². The number of nitrogens with one attached hydrogen (secondary N) is 2. The summed E-state index contributed by atoms with van der Waals surface area (Å²) >= 11 is 5.78. The molecule has 1 saturated carbocycles. The third-order valence-corrected chi connectivity index (χ3v) is 7.41. The summed E-state index contributed by atoms with van der Waals surface area (Å²) in [6, 6.07) is 14.0. The monoisotopic (exact) mass is 538 g/mol. The molecular formula is C28H25ClF2N4O3. The predicted molar refractivity (Wildman–Crippen MR) is 138 cm³/mol. The molecule has 5 rings (SSSR count). The smallest absolute Gasteiger partial charge is 0.277 e. The quantitative estimate of drug-likeness (QED) is 0.429. The van der Waals surface area contributed by atoms with E-state index in [1.165, 1.54) is 30.3 Å². The van der Waals surface area contributed by atoms with Crippen LogP contribution in [0.4, 0.5) is 14.5 Å². The van der Waals surface area contributed by atoms with Crippen LogP contribution in [0.5, 0.6) is 0 Å². The summed E-state index contributed by atoms with van der Waals surface area (Å²) in [5.74, 6) is -2.45. The standard InChI is InChI=1S/C28H25ClF2N4O3/c29-23-13-12-21(31)24(33-23)26(37)32-20-10-6-18(7-11-20)28(14-2-15-28)34-25(36)22-3-1-16-35(22)27(38)17-4-8-19(30)9-5-17/h4-13,22H,1-3,14-16H2,(H,32,37)(H,34,36)/t22-/m0/s1. The number of benzene rings is 2. The second-order valence-corrected chi connectivity index (χ2v) is 9.97. The molecule has 2 aliphatic rings. The van der Waals surface area contributed by atoms with Crippen LogP contribution in [0.3, 0.4) is 0 Å². The third kappa shape index (κ3) is 5.11. The van der Waals surface area contributed by atoms with Crippen molar-refractivity contribution in [3.63, 3.8) is 0 Å². The van der Waals surface area contributed by atoms with Crippen molar-refractivity contribution in [2.75, 3.05) is 11.9 Å². The lowest BCUT2D eigenvalue weighted by Gasteiger charge is -2.44. The zero-order chi connectivity index (χ0) is 26.9. The van der Waals surface area contributed by atoms with E-state index in [4.69, 9.17) is 11.6 Å². The SMILES string of the molecule is O=C(Nc1ccc(C2(NC(=O)[C@@H]3CCCN3C(=O)c3ccc(F)cc3)CCC2)cc1)c1nc(Cl)ccc1F. The summed E-state index contributed by atoms with van der Waals surface area (Å²) in [6.45, 7) is 0.456. The number of anilines is 1. The van der Waals surface area contributed by atoms with Gasteiger partial charge in [-0.2, -0.15) is 0 Å². The lowest BCUT2D eigenvalue weighted by Crippen LogP contribution is -2.56. The van der Waals surface area contributed by atoms with Gasteiger partial charge < -0.3 is 15.5 Å². The molecule has 2 N–H and O–H groups in total. The highest BCUT2D eigenvalue weighted by molar-refractivity contribution is 6.29. The third-order valence-electron chi connectivity index (χ3n) is 7.20. The van der Waals surface area contributed by atoms with E-state index < -0.39 is 34.8 Å². The number of carbonyl (C=O) groups is 3. The summed E-state index contributed by atoms with van der Waals surface area (Å²) in [4.78, 5) is 44.1. The maximum absolute atomic E-state index is 14.0. The number of carbonyl (C=O) groups excluding carboxylic acids is 3. The number of likely N-dealkylation sites (tertiary alicyclic amines) is 1. The maximum Gasteiger partial charge on any atom is 0.277 e. The fourth-order valence-corrected chi connectivity index (χ4v) is 5.16. The number of rotatable bonds is 6. The second-order valence-electron chi connectivity index (χ2n) is 9.58. The van der Waals surface area contributed by atoms with Crippen molar-refractivity contribution in [2.45, 2.75) is 43.7 Å². The van der Waals surface area contributed by atoms with Crippen LogP contribution in [0.15, 0.2) is 60.7 Å². The first-order chi connectivity index (χ1) is 18.3. The molecule has 1 aromatic heterocycles. The number of hydrogen-bond donors (Lipinski definition) is 2. The highest BCUT2D eigenvalue weighted by atomic mass is 35.5. The number of amides is 3. The molecule has 1 atom stereocenters. The molecule has 0 spiro atoms. The van der Waals surface area contributed by atoms with Crippen LogP contribution in [0.2, 0.25) is 5.15 Å². The molecule has 1 aliphatic heterocycles. The van der Waals surface area contributed by atoms with Crippen LogP contribution >= 0.6 is 11.6 Å². The average molecular weight is 539 g/mol. The summed E-state index contributed by atoms with van der Waals surface area (Å²) in [5.41, 5.74) is 0.674. The zero-order valence-electron chi connectivity index (χ0n) is 20.3. The Kier molecular flexibility index (Phi) is 7.12. The van der Waals surface area contributed by atoms with Crippen LogP contribution in [0.1, 0.15) is 58.5 Å². The van der Waals surface area contributed by atoms with Crippen LogP contribution < -0.4 is 10.6 Å². The molecule has 1 aliphatic carbocycles. The van der Waals surface area contributed by atoms with Gasteiger partial charge in [0.2, 0.25) is 5.91 Å². The van der Waals surface area contributed by atoms with Crippen molar-refractivity contribution in [3.05, 3.63) is 94.3 Å². The summed E-state index contributed by atoms with van der Waals surface area (Å²) in [7, 11) is 0. The molecule has 3 amide bonds. The van der Waals surface area contributed by atoms with Gasteiger partial charge in [-0.05, 0) is 86.2 Å². The van der Waals surface area contributed by atoms with Gasteiger partial charge in [0.25, 0.3) is 11.8 Å². The molecule has 1 saturated heterocycles. The van der Waals surface area contributed by atoms with Crippen molar-refractivity contribution in [1.29, 1.82) is 0 Å². The Balaban J connectivity index is 1.27. The van der Waals surface area contributed by atoms with Gasteiger partial charge in [-0.3, -0.25) is 14.4 Å². The largest absolute Gasteiger partial charge is 0.345 e. The average Bonchev–Trinajstić information content (AvgIpc) is 3.38. The molecule has 0 bridgehead atoms. The molecule has 2 fully saturated rings. The lowest BCUT2D eigenvalue weighted by molar-refractivity contribution is -0.128. The zero-order valence-corrected chi connectivity index (χ0v) is 21.1. The van der Waals surface area contributed by atoms with Crippen molar-refractivity contribution in [1.82, 2.24) is 15.2 Å². The summed E-state index contributed by atoms with van der Waals surface area (Å²) in [6.07, 6.45) is 3.66. The van der Waals surface area contributed by atoms with Gasteiger partial charge in [0, 0.05) is 17.8 Å². The van der Waals surface area contributed by atoms with Gasteiger partial charge >= 0.3 is 0 Å². The topological polar surface area (TPSA) is 91.4 Å². The van der Waals surface area contributed by atoms with E-state index in [2.05, 4.69) is 15.6 Å². The molecule has 3 aromatic rings. The number of nitrogens with zero attached hydrogens (tertiary/aromatic N) is 2. The minimum Gasteiger partial charge on any atom is -0.345 e. The van der Waals surface area contributed by atoms with Gasteiger partial charge in [-0.1, -0.05) is 23.7 Å². The highest BCUT2D eigenvalue weighted by Gasteiger charge is 2.43. The van der Waals surface area contributed by atoms with Gasteiger partial charge in [0.1, 0.15) is 17.0 Å². The number of aromatic nitrogens is 1. The maximum atomic E-state index is 14.0. The van der Waals surface area contributed by atoms with Gasteiger partial charge in [0.15, 0.2) is 11.5 Å². The lowest BCUT2D eigenvalue weighted by atomic mass is 9.71.